The molecule has 0 radical (unpaired) electrons. The minimum atomic E-state index is 0.373. The van der Waals surface area contributed by atoms with Gasteiger partial charge in [-0.15, -0.1) is 0 Å². The fourth-order valence-corrected chi connectivity index (χ4v) is 1.98. The van der Waals surface area contributed by atoms with Gasteiger partial charge in [0.15, 0.2) is 0 Å². The summed E-state index contributed by atoms with van der Waals surface area (Å²) in [7, 11) is 0. The number of aryl methyl sites for hydroxylation is 1. The molecule has 0 fully saturated rings. The predicted octanol–water partition coefficient (Wildman–Crippen LogP) is 4.58. The van der Waals surface area contributed by atoms with Crippen molar-refractivity contribution in [2.75, 3.05) is 0 Å². The van der Waals surface area contributed by atoms with E-state index in [1.54, 1.807) is 0 Å². The molecule has 1 heteroatoms. The molecule has 0 aliphatic rings. The number of hydrogen-bond acceptors (Lipinski definition) is 1. The molecule has 0 amide bonds. The standard InChI is InChI=1S/C15H24O/c1-9(2)12(6)14-8-11(5)7-13(10(3)4)15(14)16/h7-10,12,16H,1-6H3. The Labute approximate surface area is 99.5 Å². The maximum Gasteiger partial charge on any atom is 0.122 e. The Morgan fingerprint density at radius 3 is 1.88 bits per heavy atom. The van der Waals surface area contributed by atoms with E-state index in [0.29, 0.717) is 23.5 Å². The maximum absolute atomic E-state index is 10.3. The molecule has 0 saturated heterocycles. The summed E-state index contributed by atoms with van der Waals surface area (Å²) in [6, 6.07) is 4.21. The zero-order chi connectivity index (χ0) is 12.5. The van der Waals surface area contributed by atoms with Crippen LogP contribution in [0.3, 0.4) is 0 Å². The van der Waals surface area contributed by atoms with Crippen molar-refractivity contribution < 1.29 is 5.11 Å². The molecule has 0 aromatic heterocycles. The number of hydrogen-bond donors (Lipinski definition) is 1. The maximum atomic E-state index is 10.3. The number of phenols is 1. The molecular weight excluding hydrogens is 196 g/mol. The van der Waals surface area contributed by atoms with Crippen LogP contribution in [0.2, 0.25) is 0 Å². The van der Waals surface area contributed by atoms with Crippen LogP contribution in [0.4, 0.5) is 0 Å². The minimum Gasteiger partial charge on any atom is -0.507 e. The molecule has 0 aliphatic carbocycles. The molecular formula is C15H24O. The zero-order valence-corrected chi connectivity index (χ0v) is 11.3. The van der Waals surface area contributed by atoms with Gasteiger partial charge in [0.2, 0.25) is 0 Å². The van der Waals surface area contributed by atoms with E-state index in [-0.39, 0.29) is 0 Å². The van der Waals surface area contributed by atoms with E-state index in [4.69, 9.17) is 0 Å². The highest BCUT2D eigenvalue weighted by atomic mass is 16.3. The Morgan fingerprint density at radius 2 is 1.44 bits per heavy atom. The third kappa shape index (κ3) is 2.58. The van der Waals surface area contributed by atoms with Gasteiger partial charge in [-0.05, 0) is 35.8 Å². The van der Waals surface area contributed by atoms with Crippen molar-refractivity contribution in [2.24, 2.45) is 5.92 Å². The Bertz CT molecular complexity index is 364. The van der Waals surface area contributed by atoms with Gasteiger partial charge in [-0.1, -0.05) is 52.3 Å². The molecule has 1 aromatic carbocycles. The first kappa shape index (κ1) is 13.1. The number of phenolic OH excluding ortho intramolecular Hbond substituents is 1. The minimum absolute atomic E-state index is 0.373. The molecule has 90 valence electrons. The van der Waals surface area contributed by atoms with Gasteiger partial charge in [0.05, 0.1) is 0 Å². The normalized spacial score (nSPS) is 13.5. The van der Waals surface area contributed by atoms with Crippen LogP contribution in [0.1, 0.15) is 63.1 Å². The molecule has 0 spiro atoms. The van der Waals surface area contributed by atoms with Gasteiger partial charge in [-0.25, -0.2) is 0 Å². The van der Waals surface area contributed by atoms with E-state index in [1.165, 1.54) is 5.56 Å². The monoisotopic (exact) mass is 220 g/mol. The molecule has 0 aliphatic heterocycles. The van der Waals surface area contributed by atoms with Crippen LogP contribution in [0.25, 0.3) is 0 Å². The Morgan fingerprint density at radius 1 is 0.938 bits per heavy atom. The third-order valence-electron chi connectivity index (χ3n) is 3.43. The van der Waals surface area contributed by atoms with Gasteiger partial charge in [0.25, 0.3) is 0 Å². The first-order chi connectivity index (χ1) is 7.34. The summed E-state index contributed by atoms with van der Waals surface area (Å²) in [5, 5.41) is 10.3. The van der Waals surface area contributed by atoms with E-state index in [1.807, 2.05) is 0 Å². The highest BCUT2D eigenvalue weighted by Crippen LogP contribution is 2.37. The van der Waals surface area contributed by atoms with Crippen LogP contribution in [-0.4, -0.2) is 5.11 Å². The second-order valence-corrected chi connectivity index (χ2v) is 5.48. The topological polar surface area (TPSA) is 20.2 Å². The second-order valence-electron chi connectivity index (χ2n) is 5.48. The van der Waals surface area contributed by atoms with Crippen molar-refractivity contribution in [1.29, 1.82) is 0 Å². The van der Waals surface area contributed by atoms with Crippen molar-refractivity contribution in [3.8, 4) is 5.75 Å². The average Bonchev–Trinajstić information content (AvgIpc) is 2.19. The van der Waals surface area contributed by atoms with Crippen LogP contribution in [0.5, 0.6) is 5.75 Å². The third-order valence-corrected chi connectivity index (χ3v) is 3.43. The Balaban J connectivity index is 3.29. The van der Waals surface area contributed by atoms with Crippen LogP contribution < -0.4 is 0 Å². The van der Waals surface area contributed by atoms with Crippen molar-refractivity contribution in [2.45, 2.75) is 53.4 Å². The van der Waals surface area contributed by atoms with Gasteiger partial charge in [0, 0.05) is 0 Å². The summed E-state index contributed by atoms with van der Waals surface area (Å²) < 4.78 is 0. The first-order valence-corrected chi connectivity index (χ1v) is 6.18. The van der Waals surface area contributed by atoms with E-state index in [2.05, 4.69) is 53.7 Å². The van der Waals surface area contributed by atoms with Gasteiger partial charge >= 0.3 is 0 Å². The largest absolute Gasteiger partial charge is 0.507 e. The van der Waals surface area contributed by atoms with E-state index in [0.717, 1.165) is 11.1 Å². The number of benzene rings is 1. The van der Waals surface area contributed by atoms with Gasteiger partial charge < -0.3 is 5.11 Å². The van der Waals surface area contributed by atoms with Crippen molar-refractivity contribution in [3.63, 3.8) is 0 Å². The first-order valence-electron chi connectivity index (χ1n) is 6.18. The molecule has 0 saturated carbocycles. The molecule has 0 heterocycles. The lowest BCUT2D eigenvalue weighted by Crippen LogP contribution is -2.04. The zero-order valence-electron chi connectivity index (χ0n) is 11.3. The van der Waals surface area contributed by atoms with Crippen molar-refractivity contribution in [1.82, 2.24) is 0 Å². The predicted molar refractivity (Wildman–Crippen MR) is 70.2 cm³/mol. The summed E-state index contributed by atoms with van der Waals surface area (Å²) >= 11 is 0. The molecule has 0 bridgehead atoms. The summed E-state index contributed by atoms with van der Waals surface area (Å²) in [5.74, 6) is 1.82. The summed E-state index contributed by atoms with van der Waals surface area (Å²) in [4.78, 5) is 0. The van der Waals surface area contributed by atoms with Crippen LogP contribution in [-0.2, 0) is 0 Å². The Kier molecular flexibility index (Phi) is 4.01. The van der Waals surface area contributed by atoms with Gasteiger partial charge in [-0.3, -0.25) is 0 Å². The van der Waals surface area contributed by atoms with Crippen LogP contribution in [0, 0.1) is 12.8 Å². The molecule has 16 heavy (non-hydrogen) atoms. The van der Waals surface area contributed by atoms with Crippen LogP contribution >= 0.6 is 0 Å². The molecule has 1 N–H and O–H groups in total. The van der Waals surface area contributed by atoms with E-state index in [9.17, 15) is 5.11 Å². The second kappa shape index (κ2) is 4.90. The lowest BCUT2D eigenvalue weighted by molar-refractivity contribution is 0.437. The number of rotatable bonds is 3. The molecule has 1 nitrogen and oxygen atoms in total. The van der Waals surface area contributed by atoms with Crippen molar-refractivity contribution >= 4 is 0 Å². The highest BCUT2D eigenvalue weighted by molar-refractivity contribution is 5.46. The molecule has 1 atom stereocenters. The lowest BCUT2D eigenvalue weighted by Gasteiger charge is -2.21. The smallest absolute Gasteiger partial charge is 0.122 e. The summed E-state index contributed by atoms with van der Waals surface area (Å²) in [6.07, 6.45) is 0. The lowest BCUT2D eigenvalue weighted by atomic mass is 9.85. The van der Waals surface area contributed by atoms with Gasteiger partial charge in [-0.2, -0.15) is 0 Å². The average molecular weight is 220 g/mol. The van der Waals surface area contributed by atoms with Gasteiger partial charge in [0.1, 0.15) is 5.75 Å². The molecule has 1 aromatic rings. The fourth-order valence-electron chi connectivity index (χ4n) is 1.98. The fraction of sp³-hybridized carbons (Fsp3) is 0.600. The molecule has 1 unspecified atom stereocenters. The van der Waals surface area contributed by atoms with E-state index >= 15 is 0 Å². The van der Waals surface area contributed by atoms with Crippen LogP contribution in [0.15, 0.2) is 12.1 Å². The number of aromatic hydroxyl groups is 1. The van der Waals surface area contributed by atoms with Crippen molar-refractivity contribution in [3.05, 3.63) is 28.8 Å². The quantitative estimate of drug-likeness (QED) is 0.790. The summed E-state index contributed by atoms with van der Waals surface area (Å²) in [6.45, 7) is 12.9. The Hall–Kier alpha value is -0.980. The molecule has 1 rings (SSSR count). The highest BCUT2D eigenvalue weighted by Gasteiger charge is 2.18. The SMILES string of the molecule is Cc1cc(C(C)C)c(O)c(C(C)C(C)C)c1. The summed E-state index contributed by atoms with van der Waals surface area (Å²) in [5.41, 5.74) is 3.41. The van der Waals surface area contributed by atoms with E-state index < -0.39 is 0 Å².